The smallest absolute Gasteiger partial charge is 0.270 e. The predicted molar refractivity (Wildman–Crippen MR) is 125 cm³/mol. The number of allylic oxidation sites excluding steroid dienone is 1. The van der Waals surface area contributed by atoms with E-state index in [-0.39, 0.29) is 21.8 Å². The van der Waals surface area contributed by atoms with E-state index in [1.807, 2.05) is 24.9 Å². The highest BCUT2D eigenvalue weighted by Gasteiger charge is 2.35. The number of benzene rings is 2. The highest BCUT2D eigenvalue weighted by molar-refractivity contribution is 7.80. The van der Waals surface area contributed by atoms with Gasteiger partial charge >= 0.3 is 0 Å². The van der Waals surface area contributed by atoms with Gasteiger partial charge in [-0.1, -0.05) is 24.3 Å². The van der Waals surface area contributed by atoms with Crippen molar-refractivity contribution >= 4 is 52.2 Å². The largest absolute Gasteiger partial charge is 0.365 e. The van der Waals surface area contributed by atoms with Crippen molar-refractivity contribution in [3.63, 3.8) is 0 Å². The van der Waals surface area contributed by atoms with Gasteiger partial charge in [0.05, 0.1) is 11.2 Å². The molecule has 7 heteroatoms. The van der Waals surface area contributed by atoms with Gasteiger partial charge < -0.3 is 4.90 Å². The van der Waals surface area contributed by atoms with Crippen molar-refractivity contribution < 1.29 is 14.0 Å². The molecule has 5 nitrogen and oxygen atoms in total. The van der Waals surface area contributed by atoms with Crippen LogP contribution in [0.3, 0.4) is 0 Å². The molecule has 1 saturated heterocycles. The summed E-state index contributed by atoms with van der Waals surface area (Å²) >= 11 is 5.20. The lowest BCUT2D eigenvalue weighted by molar-refractivity contribution is -0.122. The summed E-state index contributed by atoms with van der Waals surface area (Å²) < 4.78 is 15.1. The van der Waals surface area contributed by atoms with E-state index >= 15 is 4.39 Å². The fraction of sp³-hybridized carbons (Fsp3) is 0.208. The molecule has 1 N–H and O–H groups in total. The fourth-order valence-electron chi connectivity index (χ4n) is 3.92. The summed E-state index contributed by atoms with van der Waals surface area (Å²) in [7, 11) is 1.91. The third-order valence-corrected chi connectivity index (χ3v) is 6.04. The van der Waals surface area contributed by atoms with Gasteiger partial charge in [-0.05, 0) is 68.9 Å². The Morgan fingerprint density at radius 1 is 1.13 bits per heavy atom. The molecule has 0 spiro atoms. The van der Waals surface area contributed by atoms with E-state index in [4.69, 9.17) is 12.2 Å². The van der Waals surface area contributed by atoms with Gasteiger partial charge in [-0.2, -0.15) is 0 Å². The van der Waals surface area contributed by atoms with Crippen LogP contribution in [0.5, 0.6) is 0 Å². The number of hydrogen-bond donors (Lipinski definition) is 1. The van der Waals surface area contributed by atoms with Crippen molar-refractivity contribution in [3.05, 3.63) is 71.1 Å². The Kier molecular flexibility index (Phi) is 5.01. The second-order valence-corrected chi connectivity index (χ2v) is 8.61. The third kappa shape index (κ3) is 3.55. The first-order valence-electron chi connectivity index (χ1n) is 9.84. The Morgan fingerprint density at radius 3 is 2.48 bits per heavy atom. The van der Waals surface area contributed by atoms with Gasteiger partial charge in [-0.15, -0.1) is 0 Å². The highest BCUT2D eigenvalue weighted by atomic mass is 32.1. The summed E-state index contributed by atoms with van der Waals surface area (Å²) in [5.41, 5.74) is 2.88. The summed E-state index contributed by atoms with van der Waals surface area (Å²) in [4.78, 5) is 28.9. The van der Waals surface area contributed by atoms with Crippen molar-refractivity contribution in [1.82, 2.24) is 5.32 Å². The van der Waals surface area contributed by atoms with Gasteiger partial charge in [0.25, 0.3) is 11.8 Å². The van der Waals surface area contributed by atoms with Crippen molar-refractivity contribution in [2.75, 3.05) is 16.8 Å². The monoisotopic (exact) mass is 435 g/mol. The molecule has 1 fully saturated rings. The zero-order chi connectivity index (χ0) is 22.5. The molecule has 158 valence electrons. The van der Waals surface area contributed by atoms with Crippen LogP contribution in [-0.2, 0) is 9.59 Å². The number of carbonyl (C=O) groups excluding carboxylic acids is 2. The van der Waals surface area contributed by atoms with Crippen molar-refractivity contribution in [2.45, 2.75) is 26.3 Å². The quantitative estimate of drug-likeness (QED) is 0.434. The van der Waals surface area contributed by atoms with E-state index in [1.165, 1.54) is 17.0 Å². The minimum absolute atomic E-state index is 0.00750. The molecule has 2 aliphatic rings. The van der Waals surface area contributed by atoms with Crippen LogP contribution in [-0.4, -0.2) is 29.5 Å². The van der Waals surface area contributed by atoms with Crippen LogP contribution in [0.2, 0.25) is 0 Å². The first-order valence-corrected chi connectivity index (χ1v) is 10.2. The van der Waals surface area contributed by atoms with Gasteiger partial charge in [-0.25, -0.2) is 4.39 Å². The molecule has 0 radical (unpaired) electrons. The molecule has 2 amide bonds. The number of anilines is 2. The normalized spacial score (nSPS) is 19.3. The summed E-state index contributed by atoms with van der Waals surface area (Å²) in [5, 5.41) is 2.52. The topological polar surface area (TPSA) is 52.7 Å². The summed E-state index contributed by atoms with van der Waals surface area (Å²) in [6.07, 6.45) is 3.40. The van der Waals surface area contributed by atoms with Gasteiger partial charge in [0.15, 0.2) is 5.11 Å². The summed E-state index contributed by atoms with van der Waals surface area (Å²) in [5.74, 6) is -1.75. The molecule has 2 aromatic carbocycles. The number of para-hydroxylation sites is 1. The molecule has 4 rings (SSSR count). The first-order chi connectivity index (χ1) is 14.6. The SMILES string of the molecule is CC1=CC(C)(C)N(C)c2cc(F)c(/C=C3/C(=O)NC(=S)N(c4ccccc4)C3=O)cc21. The Balaban J connectivity index is 1.79. The number of nitrogens with zero attached hydrogens (tertiary/aromatic N) is 2. The van der Waals surface area contributed by atoms with Crippen molar-refractivity contribution in [2.24, 2.45) is 0 Å². The van der Waals surface area contributed by atoms with Crippen LogP contribution in [0.25, 0.3) is 11.6 Å². The molecule has 2 heterocycles. The average Bonchev–Trinajstić information content (AvgIpc) is 2.70. The zero-order valence-corrected chi connectivity index (χ0v) is 18.5. The number of likely N-dealkylation sites (N-methyl/N-ethyl adjacent to an activating group) is 1. The van der Waals surface area contributed by atoms with Crippen LogP contribution >= 0.6 is 12.2 Å². The van der Waals surface area contributed by atoms with Crippen LogP contribution < -0.4 is 15.1 Å². The maximum Gasteiger partial charge on any atom is 0.270 e. The summed E-state index contributed by atoms with van der Waals surface area (Å²) in [6.45, 7) is 6.08. The fourth-order valence-corrected chi connectivity index (χ4v) is 4.20. The maximum absolute atomic E-state index is 15.1. The minimum atomic E-state index is -0.648. The van der Waals surface area contributed by atoms with Crippen LogP contribution in [0.1, 0.15) is 31.9 Å². The Bertz CT molecular complexity index is 1180. The molecule has 2 aliphatic heterocycles. The lowest BCUT2D eigenvalue weighted by Gasteiger charge is -2.40. The highest BCUT2D eigenvalue weighted by Crippen LogP contribution is 2.39. The molecule has 0 saturated carbocycles. The van der Waals surface area contributed by atoms with Crippen LogP contribution in [0, 0.1) is 5.82 Å². The molecular weight excluding hydrogens is 413 g/mol. The van der Waals surface area contributed by atoms with E-state index in [0.717, 1.165) is 16.8 Å². The first kappa shape index (κ1) is 20.9. The van der Waals surface area contributed by atoms with Gasteiger partial charge in [0, 0.05) is 23.9 Å². The van der Waals surface area contributed by atoms with E-state index in [9.17, 15) is 9.59 Å². The Hall–Kier alpha value is -3.32. The molecule has 0 unspecified atom stereocenters. The standard InChI is InChI=1S/C24H22FN3O2S/c1-14-13-24(2,3)27(4)20-12-19(25)15(10-17(14)20)11-18-21(29)26-23(31)28(22(18)30)16-8-6-5-7-9-16/h5-13H,1-4H3,(H,26,29,31)/b18-11-. The van der Waals surface area contributed by atoms with Gasteiger partial charge in [-0.3, -0.25) is 19.8 Å². The van der Waals surface area contributed by atoms with E-state index in [1.54, 1.807) is 30.3 Å². The van der Waals surface area contributed by atoms with Crippen molar-refractivity contribution in [1.29, 1.82) is 0 Å². The number of amides is 2. The molecule has 0 bridgehead atoms. The number of carbonyl (C=O) groups is 2. The Morgan fingerprint density at radius 2 is 1.81 bits per heavy atom. The van der Waals surface area contributed by atoms with E-state index < -0.39 is 17.6 Å². The number of halogens is 1. The maximum atomic E-state index is 15.1. The predicted octanol–water partition coefficient (Wildman–Crippen LogP) is 4.29. The van der Waals surface area contributed by atoms with Crippen LogP contribution in [0.15, 0.2) is 54.1 Å². The lowest BCUT2D eigenvalue weighted by atomic mass is 9.88. The number of fused-ring (bicyclic) bond motifs is 1. The van der Waals surface area contributed by atoms with Crippen LogP contribution in [0.4, 0.5) is 15.8 Å². The van der Waals surface area contributed by atoms with Gasteiger partial charge in [0.1, 0.15) is 11.4 Å². The molecule has 0 aromatic heterocycles. The Labute approximate surface area is 185 Å². The number of thiocarbonyl (C=S) groups is 1. The average molecular weight is 436 g/mol. The molecule has 0 atom stereocenters. The zero-order valence-electron chi connectivity index (χ0n) is 17.7. The summed E-state index contributed by atoms with van der Waals surface area (Å²) in [6, 6.07) is 11.9. The molecule has 0 aliphatic carbocycles. The second kappa shape index (κ2) is 7.42. The number of hydrogen-bond acceptors (Lipinski definition) is 4. The number of rotatable bonds is 2. The molecule has 31 heavy (non-hydrogen) atoms. The molecule has 2 aromatic rings. The van der Waals surface area contributed by atoms with E-state index in [0.29, 0.717) is 5.69 Å². The van der Waals surface area contributed by atoms with Gasteiger partial charge in [0.2, 0.25) is 0 Å². The van der Waals surface area contributed by atoms with Crippen molar-refractivity contribution in [3.8, 4) is 0 Å². The lowest BCUT2D eigenvalue weighted by Crippen LogP contribution is -2.54. The number of nitrogens with one attached hydrogen (secondary N) is 1. The minimum Gasteiger partial charge on any atom is -0.365 e. The molecular formula is C24H22FN3O2S. The van der Waals surface area contributed by atoms with E-state index in [2.05, 4.69) is 25.2 Å². The second-order valence-electron chi connectivity index (χ2n) is 8.22. The third-order valence-electron chi connectivity index (χ3n) is 5.75.